The summed E-state index contributed by atoms with van der Waals surface area (Å²) in [6, 6.07) is 6.79. The number of ether oxygens (including phenoxy) is 2. The molecule has 0 N–H and O–H groups in total. The van der Waals surface area contributed by atoms with E-state index in [1.54, 1.807) is 43.8 Å². The molecule has 0 spiro atoms. The molecule has 7 nitrogen and oxygen atoms in total. The molecule has 1 fully saturated rings. The van der Waals surface area contributed by atoms with Crippen LogP contribution in [0.5, 0.6) is 11.8 Å². The lowest BCUT2D eigenvalue weighted by molar-refractivity contribution is 0.124. The number of hydrogen-bond donors (Lipinski definition) is 0. The Hall–Kier alpha value is -2.19. The molecule has 26 heavy (non-hydrogen) atoms. The van der Waals surface area contributed by atoms with Crippen molar-refractivity contribution in [1.82, 2.24) is 14.3 Å². The highest BCUT2D eigenvalue weighted by atomic mass is 32.2. The van der Waals surface area contributed by atoms with Crippen LogP contribution in [0.25, 0.3) is 0 Å². The van der Waals surface area contributed by atoms with E-state index in [0.717, 1.165) is 12.0 Å². The summed E-state index contributed by atoms with van der Waals surface area (Å²) in [4.78, 5) is 8.67. The van der Waals surface area contributed by atoms with Gasteiger partial charge in [-0.05, 0) is 49.1 Å². The number of aryl methyl sites for hydroxylation is 1. The Kier molecular flexibility index (Phi) is 5.73. The van der Waals surface area contributed by atoms with Crippen molar-refractivity contribution in [2.24, 2.45) is 0 Å². The van der Waals surface area contributed by atoms with Gasteiger partial charge in [-0.1, -0.05) is 6.92 Å². The van der Waals surface area contributed by atoms with Crippen LogP contribution < -0.4 is 9.47 Å². The van der Waals surface area contributed by atoms with E-state index in [-0.39, 0.29) is 11.0 Å². The fourth-order valence-corrected chi connectivity index (χ4v) is 4.29. The first-order valence-corrected chi connectivity index (χ1v) is 10.1. The molecule has 0 aliphatic carbocycles. The SMILES string of the molecule is CCc1cnc(OC2CCN(S(=O)(=O)c3ccc(OC)cc3)CC2)nc1. The van der Waals surface area contributed by atoms with Crippen molar-refractivity contribution in [3.63, 3.8) is 0 Å². The predicted octanol–water partition coefficient (Wildman–Crippen LogP) is 2.28. The van der Waals surface area contributed by atoms with Crippen molar-refractivity contribution in [2.75, 3.05) is 20.2 Å². The predicted molar refractivity (Wildman–Crippen MR) is 96.8 cm³/mol. The van der Waals surface area contributed by atoms with E-state index in [0.29, 0.717) is 37.7 Å². The Morgan fingerprint density at radius 3 is 2.27 bits per heavy atom. The van der Waals surface area contributed by atoms with Gasteiger partial charge >= 0.3 is 6.01 Å². The maximum atomic E-state index is 12.7. The van der Waals surface area contributed by atoms with E-state index in [1.807, 2.05) is 6.92 Å². The molecule has 1 aliphatic rings. The molecule has 2 heterocycles. The van der Waals surface area contributed by atoms with Crippen molar-refractivity contribution in [3.8, 4) is 11.8 Å². The van der Waals surface area contributed by atoms with Crippen LogP contribution in [-0.4, -0.2) is 49.0 Å². The Morgan fingerprint density at radius 2 is 1.73 bits per heavy atom. The highest BCUT2D eigenvalue weighted by Gasteiger charge is 2.30. The summed E-state index contributed by atoms with van der Waals surface area (Å²) < 4.78 is 37.8. The molecule has 0 unspecified atom stereocenters. The van der Waals surface area contributed by atoms with E-state index in [9.17, 15) is 8.42 Å². The first-order chi connectivity index (χ1) is 12.5. The van der Waals surface area contributed by atoms with Gasteiger partial charge in [0.25, 0.3) is 0 Å². The van der Waals surface area contributed by atoms with Crippen molar-refractivity contribution in [2.45, 2.75) is 37.2 Å². The fraction of sp³-hybridized carbons (Fsp3) is 0.444. The van der Waals surface area contributed by atoms with Crippen LogP contribution >= 0.6 is 0 Å². The van der Waals surface area contributed by atoms with Gasteiger partial charge in [0.05, 0.1) is 12.0 Å². The summed E-state index contributed by atoms with van der Waals surface area (Å²) in [5.74, 6) is 0.630. The topological polar surface area (TPSA) is 81.6 Å². The van der Waals surface area contributed by atoms with Crippen molar-refractivity contribution >= 4 is 10.0 Å². The number of hydrogen-bond acceptors (Lipinski definition) is 6. The molecule has 2 aromatic rings. The lowest BCUT2D eigenvalue weighted by Gasteiger charge is -2.30. The van der Waals surface area contributed by atoms with Crippen molar-refractivity contribution in [1.29, 1.82) is 0 Å². The van der Waals surface area contributed by atoms with Gasteiger partial charge < -0.3 is 9.47 Å². The maximum Gasteiger partial charge on any atom is 0.316 e. The van der Waals surface area contributed by atoms with Crippen LogP contribution in [0, 0.1) is 0 Å². The zero-order valence-corrected chi connectivity index (χ0v) is 15.8. The van der Waals surface area contributed by atoms with Crippen LogP contribution in [0.15, 0.2) is 41.6 Å². The molecule has 8 heteroatoms. The minimum Gasteiger partial charge on any atom is -0.497 e. The molecule has 3 rings (SSSR count). The number of rotatable bonds is 6. The summed E-state index contributed by atoms with van der Waals surface area (Å²) in [5.41, 5.74) is 1.05. The Morgan fingerprint density at radius 1 is 1.12 bits per heavy atom. The van der Waals surface area contributed by atoms with Crippen LogP contribution in [0.4, 0.5) is 0 Å². The molecule has 1 aromatic carbocycles. The van der Waals surface area contributed by atoms with Crippen molar-refractivity contribution in [3.05, 3.63) is 42.2 Å². The normalized spacial score (nSPS) is 16.4. The smallest absolute Gasteiger partial charge is 0.316 e. The third kappa shape index (κ3) is 4.13. The van der Waals surface area contributed by atoms with Crippen molar-refractivity contribution < 1.29 is 17.9 Å². The van der Waals surface area contributed by atoms with Crippen LogP contribution in [0.2, 0.25) is 0 Å². The van der Waals surface area contributed by atoms with Crippen LogP contribution in [0.3, 0.4) is 0 Å². The second-order valence-electron chi connectivity index (χ2n) is 6.12. The van der Waals surface area contributed by atoms with E-state index < -0.39 is 10.0 Å². The largest absolute Gasteiger partial charge is 0.497 e. The zero-order valence-electron chi connectivity index (χ0n) is 15.0. The number of sulfonamides is 1. The molecule has 140 valence electrons. The Labute approximate surface area is 154 Å². The molecule has 0 radical (unpaired) electrons. The minimum atomic E-state index is -3.50. The standard InChI is InChI=1S/C18H23N3O4S/c1-3-14-12-19-18(20-13-14)25-16-8-10-21(11-9-16)26(22,23)17-6-4-15(24-2)5-7-17/h4-7,12-13,16H,3,8-11H2,1-2H3. The lowest BCUT2D eigenvalue weighted by atomic mass is 10.1. The van der Waals surface area contributed by atoms with Gasteiger partial charge in [0.15, 0.2) is 0 Å². The third-order valence-corrected chi connectivity index (χ3v) is 6.37. The lowest BCUT2D eigenvalue weighted by Crippen LogP contribution is -2.41. The zero-order chi connectivity index (χ0) is 18.6. The molecule has 0 atom stereocenters. The highest BCUT2D eigenvalue weighted by molar-refractivity contribution is 7.89. The third-order valence-electron chi connectivity index (χ3n) is 4.46. The first-order valence-electron chi connectivity index (χ1n) is 8.64. The first kappa shape index (κ1) is 18.6. The average molecular weight is 377 g/mol. The fourth-order valence-electron chi connectivity index (χ4n) is 2.82. The maximum absolute atomic E-state index is 12.7. The monoisotopic (exact) mass is 377 g/mol. The number of benzene rings is 1. The molecule has 1 aliphatic heterocycles. The Bertz CT molecular complexity index is 815. The summed E-state index contributed by atoms with van der Waals surface area (Å²) in [6.07, 6.45) is 5.52. The molecule has 0 bridgehead atoms. The van der Waals surface area contributed by atoms with Gasteiger partial charge in [0, 0.05) is 25.5 Å². The van der Waals surface area contributed by atoms with Gasteiger partial charge in [-0.3, -0.25) is 0 Å². The molecular formula is C18H23N3O4S. The van der Waals surface area contributed by atoms with E-state index in [1.165, 1.54) is 4.31 Å². The number of methoxy groups -OCH3 is 1. The minimum absolute atomic E-state index is 0.0789. The van der Waals surface area contributed by atoms with E-state index in [4.69, 9.17) is 9.47 Å². The van der Waals surface area contributed by atoms with Gasteiger partial charge in [0.2, 0.25) is 10.0 Å². The van der Waals surface area contributed by atoms with Gasteiger partial charge in [-0.25, -0.2) is 18.4 Å². The average Bonchev–Trinajstić information content (AvgIpc) is 2.69. The van der Waals surface area contributed by atoms with Crippen LogP contribution in [-0.2, 0) is 16.4 Å². The number of piperidine rings is 1. The van der Waals surface area contributed by atoms with E-state index in [2.05, 4.69) is 9.97 Å². The van der Waals surface area contributed by atoms with Gasteiger partial charge in [-0.15, -0.1) is 0 Å². The number of nitrogens with zero attached hydrogens (tertiary/aromatic N) is 3. The molecule has 1 saturated heterocycles. The van der Waals surface area contributed by atoms with Crippen LogP contribution in [0.1, 0.15) is 25.3 Å². The number of aromatic nitrogens is 2. The Balaban J connectivity index is 1.59. The summed E-state index contributed by atoms with van der Waals surface area (Å²) in [7, 11) is -1.95. The highest BCUT2D eigenvalue weighted by Crippen LogP contribution is 2.24. The molecule has 0 amide bonds. The van der Waals surface area contributed by atoms with Gasteiger partial charge in [0.1, 0.15) is 11.9 Å². The molecule has 1 aromatic heterocycles. The summed E-state index contributed by atoms with van der Waals surface area (Å²) in [5, 5.41) is 0. The van der Waals surface area contributed by atoms with Gasteiger partial charge in [-0.2, -0.15) is 4.31 Å². The second-order valence-corrected chi connectivity index (χ2v) is 8.06. The molecule has 0 saturated carbocycles. The second kappa shape index (κ2) is 8.01. The molecular weight excluding hydrogens is 354 g/mol. The quantitative estimate of drug-likeness (QED) is 0.768. The summed E-state index contributed by atoms with van der Waals surface area (Å²) >= 11 is 0. The van der Waals surface area contributed by atoms with E-state index >= 15 is 0 Å². The summed E-state index contributed by atoms with van der Waals surface area (Å²) in [6.45, 7) is 2.86.